The SMILES string of the molecule is Cc1cc(C)c2nc(NC(=O)C(=O)c3c4n(c5ccccc35)CCNCC4)sc2c1. The summed E-state index contributed by atoms with van der Waals surface area (Å²) in [6.45, 7) is 6.45. The van der Waals surface area contributed by atoms with Crippen molar-refractivity contribution in [3.8, 4) is 0 Å². The molecule has 2 aromatic heterocycles. The molecule has 3 heterocycles. The number of aryl methyl sites for hydroxylation is 2. The second kappa shape index (κ2) is 7.34. The zero-order valence-corrected chi connectivity index (χ0v) is 17.7. The quantitative estimate of drug-likeness (QED) is 0.392. The molecule has 7 heteroatoms. The summed E-state index contributed by atoms with van der Waals surface area (Å²) in [6.07, 6.45) is 0.711. The predicted octanol–water partition coefficient (Wildman–Crippen LogP) is 3.83. The van der Waals surface area contributed by atoms with Gasteiger partial charge in [-0.15, -0.1) is 0 Å². The molecule has 0 bridgehead atoms. The number of nitrogens with one attached hydrogen (secondary N) is 2. The highest BCUT2D eigenvalue weighted by molar-refractivity contribution is 7.22. The molecule has 0 unspecified atom stereocenters. The van der Waals surface area contributed by atoms with Crippen molar-refractivity contribution in [3.05, 3.63) is 58.8 Å². The topological polar surface area (TPSA) is 76.0 Å². The van der Waals surface area contributed by atoms with Crippen molar-refractivity contribution in [1.82, 2.24) is 14.9 Å². The van der Waals surface area contributed by atoms with Crippen molar-refractivity contribution in [3.63, 3.8) is 0 Å². The van der Waals surface area contributed by atoms with E-state index in [4.69, 9.17) is 0 Å². The molecule has 0 saturated carbocycles. The number of aromatic nitrogens is 2. The van der Waals surface area contributed by atoms with Gasteiger partial charge in [-0.1, -0.05) is 35.6 Å². The fourth-order valence-electron chi connectivity index (χ4n) is 4.34. The Morgan fingerprint density at radius 3 is 2.87 bits per heavy atom. The van der Waals surface area contributed by atoms with E-state index < -0.39 is 11.7 Å². The van der Waals surface area contributed by atoms with Crippen LogP contribution in [0.2, 0.25) is 0 Å². The number of ketones is 1. The molecule has 6 nitrogen and oxygen atoms in total. The highest BCUT2D eigenvalue weighted by Gasteiger charge is 2.28. The van der Waals surface area contributed by atoms with Gasteiger partial charge in [-0.2, -0.15) is 0 Å². The van der Waals surface area contributed by atoms with Gasteiger partial charge in [0.05, 0.1) is 15.8 Å². The van der Waals surface area contributed by atoms with Gasteiger partial charge in [-0.25, -0.2) is 4.98 Å². The lowest BCUT2D eigenvalue weighted by atomic mass is 10.0. The average Bonchev–Trinajstić information content (AvgIpc) is 3.16. The monoisotopic (exact) mass is 418 g/mol. The van der Waals surface area contributed by atoms with E-state index in [0.717, 1.165) is 57.6 Å². The zero-order chi connectivity index (χ0) is 20.8. The van der Waals surface area contributed by atoms with E-state index in [1.165, 1.54) is 11.3 Å². The second-order valence-electron chi connectivity index (χ2n) is 7.72. The van der Waals surface area contributed by atoms with Crippen LogP contribution in [0.5, 0.6) is 0 Å². The predicted molar refractivity (Wildman–Crippen MR) is 121 cm³/mol. The maximum atomic E-state index is 13.3. The molecule has 0 atom stereocenters. The lowest BCUT2D eigenvalue weighted by molar-refractivity contribution is -0.112. The first-order valence-electron chi connectivity index (χ1n) is 10.1. The lowest BCUT2D eigenvalue weighted by Crippen LogP contribution is -2.24. The van der Waals surface area contributed by atoms with Crippen LogP contribution in [-0.4, -0.2) is 34.3 Å². The summed E-state index contributed by atoms with van der Waals surface area (Å²) in [5.74, 6) is -1.14. The third-order valence-electron chi connectivity index (χ3n) is 5.61. The number of thiazole rings is 1. The van der Waals surface area contributed by atoms with E-state index in [1.54, 1.807) is 0 Å². The molecule has 1 aliphatic rings. The average molecular weight is 419 g/mol. The van der Waals surface area contributed by atoms with Crippen molar-refractivity contribution in [2.24, 2.45) is 0 Å². The van der Waals surface area contributed by atoms with Crippen LogP contribution in [0.3, 0.4) is 0 Å². The molecular formula is C23H22N4O2S. The molecule has 0 radical (unpaired) electrons. The van der Waals surface area contributed by atoms with Crippen LogP contribution in [0.25, 0.3) is 21.1 Å². The summed E-state index contributed by atoms with van der Waals surface area (Å²) in [7, 11) is 0. The molecular weight excluding hydrogens is 396 g/mol. The molecule has 0 fully saturated rings. The largest absolute Gasteiger partial charge is 0.343 e. The van der Waals surface area contributed by atoms with Crippen molar-refractivity contribution >= 4 is 49.3 Å². The molecule has 30 heavy (non-hydrogen) atoms. The zero-order valence-electron chi connectivity index (χ0n) is 16.9. The van der Waals surface area contributed by atoms with Gasteiger partial charge in [0.25, 0.3) is 11.7 Å². The Balaban J connectivity index is 1.52. The molecule has 4 aromatic rings. The first-order chi connectivity index (χ1) is 14.5. The minimum absolute atomic E-state index is 0.452. The van der Waals surface area contributed by atoms with Gasteiger partial charge in [0, 0.05) is 42.7 Å². The Morgan fingerprint density at radius 1 is 1.17 bits per heavy atom. The standard InChI is InChI=1S/C23H22N4O2S/c1-13-11-14(2)20-18(12-13)30-23(25-20)26-22(29)21(28)19-15-5-3-4-6-16(15)27-10-9-24-8-7-17(19)27/h3-6,11-12,24H,7-10H2,1-2H3,(H,25,26,29). The van der Waals surface area contributed by atoms with Crippen LogP contribution >= 0.6 is 11.3 Å². The molecule has 1 aliphatic heterocycles. The van der Waals surface area contributed by atoms with E-state index in [0.29, 0.717) is 17.1 Å². The Hall–Kier alpha value is -3.03. The number of Topliss-reactive ketones (excluding diaryl/α,β-unsaturated/α-hetero) is 1. The van der Waals surface area contributed by atoms with Gasteiger partial charge in [-0.3, -0.25) is 14.9 Å². The molecule has 0 aliphatic carbocycles. The number of hydrogen-bond acceptors (Lipinski definition) is 5. The van der Waals surface area contributed by atoms with E-state index in [2.05, 4.69) is 26.3 Å². The smallest absolute Gasteiger partial charge is 0.298 e. The highest BCUT2D eigenvalue weighted by Crippen LogP contribution is 2.31. The Bertz CT molecular complexity index is 1320. The molecule has 2 N–H and O–H groups in total. The van der Waals surface area contributed by atoms with Gasteiger partial charge < -0.3 is 9.88 Å². The summed E-state index contributed by atoms with van der Waals surface area (Å²) < 4.78 is 3.17. The molecule has 5 rings (SSSR count). The van der Waals surface area contributed by atoms with Crippen molar-refractivity contribution < 1.29 is 9.59 Å². The van der Waals surface area contributed by atoms with Crippen molar-refractivity contribution in [2.75, 3.05) is 18.4 Å². The Kier molecular flexibility index (Phi) is 4.64. The second-order valence-corrected chi connectivity index (χ2v) is 8.75. The van der Waals surface area contributed by atoms with Crippen molar-refractivity contribution in [2.45, 2.75) is 26.8 Å². The number of rotatable bonds is 3. The van der Waals surface area contributed by atoms with Gasteiger partial charge in [0.15, 0.2) is 5.13 Å². The molecule has 2 aromatic carbocycles. The number of nitrogens with zero attached hydrogens (tertiary/aromatic N) is 2. The number of carbonyl (C=O) groups excluding carboxylic acids is 2. The van der Waals surface area contributed by atoms with Gasteiger partial charge in [-0.05, 0) is 37.1 Å². The van der Waals surface area contributed by atoms with Gasteiger partial charge in [0.2, 0.25) is 0 Å². The van der Waals surface area contributed by atoms with Crippen LogP contribution in [0.4, 0.5) is 5.13 Å². The summed E-state index contributed by atoms with van der Waals surface area (Å²) >= 11 is 1.39. The first-order valence-corrected chi connectivity index (χ1v) is 10.9. The lowest BCUT2D eigenvalue weighted by Gasteiger charge is -2.06. The Labute approximate surface area is 177 Å². The van der Waals surface area contributed by atoms with Crippen LogP contribution in [0, 0.1) is 13.8 Å². The van der Waals surface area contributed by atoms with E-state index in [-0.39, 0.29) is 0 Å². The number of amides is 1. The molecule has 0 saturated heterocycles. The normalized spacial score (nSPS) is 13.9. The molecule has 152 valence electrons. The summed E-state index contributed by atoms with van der Waals surface area (Å²) in [5.41, 5.74) is 5.51. The summed E-state index contributed by atoms with van der Waals surface area (Å²) in [6, 6.07) is 11.9. The number of hydrogen-bond donors (Lipinski definition) is 2. The minimum atomic E-state index is -0.639. The summed E-state index contributed by atoms with van der Waals surface area (Å²) in [4.78, 5) is 30.8. The number of benzene rings is 2. The van der Waals surface area contributed by atoms with Crippen LogP contribution in [0.15, 0.2) is 36.4 Å². The first kappa shape index (κ1) is 19.0. The van der Waals surface area contributed by atoms with Crippen LogP contribution in [-0.2, 0) is 17.8 Å². The van der Waals surface area contributed by atoms with E-state index in [1.807, 2.05) is 44.2 Å². The fourth-order valence-corrected chi connectivity index (χ4v) is 5.38. The fraction of sp³-hybridized carbons (Fsp3) is 0.261. The van der Waals surface area contributed by atoms with Crippen molar-refractivity contribution in [1.29, 1.82) is 0 Å². The highest BCUT2D eigenvalue weighted by atomic mass is 32.1. The Morgan fingerprint density at radius 2 is 2.00 bits per heavy atom. The maximum absolute atomic E-state index is 13.3. The number of fused-ring (bicyclic) bond motifs is 4. The third kappa shape index (κ3) is 3.11. The van der Waals surface area contributed by atoms with Gasteiger partial charge >= 0.3 is 0 Å². The van der Waals surface area contributed by atoms with Crippen LogP contribution < -0.4 is 10.6 Å². The minimum Gasteiger partial charge on any atom is -0.343 e. The number of carbonyl (C=O) groups is 2. The maximum Gasteiger partial charge on any atom is 0.298 e. The van der Waals surface area contributed by atoms with Gasteiger partial charge in [0.1, 0.15) is 0 Å². The van der Waals surface area contributed by atoms with E-state index in [9.17, 15) is 9.59 Å². The summed E-state index contributed by atoms with van der Waals surface area (Å²) in [5, 5.41) is 7.40. The third-order valence-corrected chi connectivity index (χ3v) is 6.53. The number of anilines is 1. The van der Waals surface area contributed by atoms with E-state index >= 15 is 0 Å². The number of para-hydroxylation sites is 1. The molecule has 1 amide bonds. The van der Waals surface area contributed by atoms with Crippen LogP contribution in [0.1, 0.15) is 27.2 Å². The molecule has 0 spiro atoms.